The minimum atomic E-state index is 0.504. The molecule has 0 amide bonds. The normalized spacial score (nSPS) is 16.2. The molecule has 0 spiro atoms. The predicted octanol–water partition coefficient (Wildman–Crippen LogP) is 2.83. The molecule has 0 aliphatic heterocycles. The number of nitrogens with one attached hydrogen (secondary N) is 1. The first-order valence-corrected chi connectivity index (χ1v) is 6.21. The highest BCUT2D eigenvalue weighted by Crippen LogP contribution is 2.32. The van der Waals surface area contributed by atoms with E-state index in [-0.39, 0.29) is 0 Å². The molecule has 1 N–H and O–H groups in total. The average molecular weight is 229 g/mol. The summed E-state index contributed by atoms with van der Waals surface area (Å²) in [6.07, 6.45) is 2.75. The van der Waals surface area contributed by atoms with E-state index in [1.807, 2.05) is 0 Å². The maximum atomic E-state index is 5.04. The Morgan fingerprint density at radius 2 is 2.36 bits per heavy atom. The van der Waals surface area contributed by atoms with E-state index in [2.05, 4.69) is 28.9 Å². The van der Waals surface area contributed by atoms with Crippen LogP contribution in [0, 0.1) is 9.87 Å². The van der Waals surface area contributed by atoms with Crippen molar-refractivity contribution in [2.75, 3.05) is 11.4 Å². The summed E-state index contributed by atoms with van der Waals surface area (Å²) in [5.41, 5.74) is 0. The Labute approximate surface area is 93.1 Å². The second kappa shape index (κ2) is 3.98. The number of H-pyrrole nitrogens is 1. The quantitative estimate of drug-likeness (QED) is 0.806. The van der Waals surface area contributed by atoms with Gasteiger partial charge in [0.25, 0.3) is 0 Å². The van der Waals surface area contributed by atoms with Crippen molar-refractivity contribution in [2.45, 2.75) is 32.7 Å². The topological polar surface area (TPSA) is 31.9 Å². The van der Waals surface area contributed by atoms with Gasteiger partial charge in [-0.25, -0.2) is 0 Å². The summed E-state index contributed by atoms with van der Waals surface area (Å²) in [6, 6.07) is 0.504. The van der Waals surface area contributed by atoms with Gasteiger partial charge in [-0.15, -0.1) is 5.10 Å². The number of aromatic nitrogens is 2. The van der Waals surface area contributed by atoms with Crippen LogP contribution in [0.25, 0.3) is 0 Å². The maximum absolute atomic E-state index is 5.04. The summed E-state index contributed by atoms with van der Waals surface area (Å²) in [7, 11) is 0. The molecule has 1 aliphatic rings. The van der Waals surface area contributed by atoms with Crippen LogP contribution < -0.4 is 4.90 Å². The molecule has 3 nitrogen and oxygen atoms in total. The molecule has 14 heavy (non-hydrogen) atoms. The van der Waals surface area contributed by atoms with Crippen LogP contribution in [0.2, 0.25) is 0 Å². The lowest BCUT2D eigenvalue weighted by molar-refractivity contribution is 0.639. The van der Waals surface area contributed by atoms with Crippen LogP contribution in [-0.2, 0) is 0 Å². The minimum absolute atomic E-state index is 0.504. The monoisotopic (exact) mass is 229 g/mol. The maximum Gasteiger partial charge on any atom is 0.207 e. The van der Waals surface area contributed by atoms with Gasteiger partial charge < -0.3 is 4.90 Å². The Bertz CT molecular complexity index is 351. The van der Waals surface area contributed by atoms with Crippen molar-refractivity contribution in [1.82, 2.24) is 10.2 Å². The Morgan fingerprint density at radius 1 is 1.64 bits per heavy atom. The third-order valence-corrected chi connectivity index (χ3v) is 3.57. The summed E-state index contributed by atoms with van der Waals surface area (Å²) in [4.78, 5) is 2.34. The number of rotatable bonds is 4. The van der Waals surface area contributed by atoms with E-state index in [4.69, 9.17) is 12.2 Å². The molecule has 0 atom stereocenters. The lowest BCUT2D eigenvalue weighted by Gasteiger charge is -2.25. The van der Waals surface area contributed by atoms with Gasteiger partial charge in [0.15, 0.2) is 3.95 Å². The van der Waals surface area contributed by atoms with Gasteiger partial charge in [-0.05, 0) is 44.8 Å². The van der Waals surface area contributed by atoms with Crippen molar-refractivity contribution in [1.29, 1.82) is 0 Å². The molecule has 78 valence electrons. The second-order valence-corrected chi connectivity index (χ2v) is 5.73. The molecule has 5 heteroatoms. The number of nitrogens with zero attached hydrogens (tertiary/aromatic N) is 2. The first kappa shape index (κ1) is 10.1. The van der Waals surface area contributed by atoms with Gasteiger partial charge in [-0.3, -0.25) is 5.10 Å². The zero-order valence-corrected chi connectivity index (χ0v) is 10.1. The van der Waals surface area contributed by atoms with Crippen molar-refractivity contribution >= 4 is 28.7 Å². The first-order valence-electron chi connectivity index (χ1n) is 4.99. The lowest BCUT2D eigenvalue weighted by atomic mass is 10.3. The highest BCUT2D eigenvalue weighted by atomic mass is 32.1. The number of aromatic amines is 1. The molecule has 0 saturated heterocycles. The van der Waals surface area contributed by atoms with Gasteiger partial charge in [0.05, 0.1) is 0 Å². The second-order valence-electron chi connectivity index (χ2n) is 4.09. The Kier molecular flexibility index (Phi) is 2.88. The molecule has 2 rings (SSSR count). The van der Waals surface area contributed by atoms with Crippen molar-refractivity contribution in [3.05, 3.63) is 3.95 Å². The van der Waals surface area contributed by atoms with E-state index >= 15 is 0 Å². The van der Waals surface area contributed by atoms with Crippen LogP contribution in [-0.4, -0.2) is 22.8 Å². The van der Waals surface area contributed by atoms with E-state index in [9.17, 15) is 0 Å². The summed E-state index contributed by atoms with van der Waals surface area (Å²) in [5.74, 6) is 0.884. The summed E-state index contributed by atoms with van der Waals surface area (Å²) in [6.45, 7) is 5.54. The zero-order chi connectivity index (χ0) is 10.1. The van der Waals surface area contributed by atoms with Gasteiger partial charge >= 0.3 is 0 Å². The van der Waals surface area contributed by atoms with E-state index in [1.54, 1.807) is 11.3 Å². The number of anilines is 1. The highest BCUT2D eigenvalue weighted by molar-refractivity contribution is 7.73. The van der Waals surface area contributed by atoms with Gasteiger partial charge in [-0.2, -0.15) is 0 Å². The first-order chi connectivity index (χ1) is 6.66. The van der Waals surface area contributed by atoms with Gasteiger partial charge in [0.1, 0.15) is 0 Å². The molecule has 1 aliphatic carbocycles. The summed E-state index contributed by atoms with van der Waals surface area (Å²) in [5, 5.41) is 8.11. The fourth-order valence-electron chi connectivity index (χ4n) is 1.43. The fraction of sp³-hybridized carbons (Fsp3) is 0.778. The van der Waals surface area contributed by atoms with Crippen LogP contribution in [0.1, 0.15) is 26.7 Å². The van der Waals surface area contributed by atoms with E-state index in [0.29, 0.717) is 6.04 Å². The van der Waals surface area contributed by atoms with Crippen molar-refractivity contribution in [2.24, 2.45) is 5.92 Å². The minimum Gasteiger partial charge on any atom is -0.344 e. The van der Waals surface area contributed by atoms with Crippen LogP contribution in [0.15, 0.2) is 0 Å². The summed E-state index contributed by atoms with van der Waals surface area (Å²) < 4.78 is 0.765. The number of hydrogen-bond donors (Lipinski definition) is 1. The fourth-order valence-corrected chi connectivity index (χ4v) is 2.45. The van der Waals surface area contributed by atoms with Crippen LogP contribution in [0.4, 0.5) is 5.13 Å². The van der Waals surface area contributed by atoms with Crippen molar-refractivity contribution < 1.29 is 0 Å². The van der Waals surface area contributed by atoms with Crippen molar-refractivity contribution in [3.63, 3.8) is 0 Å². The smallest absolute Gasteiger partial charge is 0.207 e. The standard InChI is InChI=1S/C9H15N3S2/c1-6(2)12(5-7-3-4-7)8-10-11-9(13)14-8/h6-7H,3-5H2,1-2H3,(H,11,13). The predicted molar refractivity (Wildman–Crippen MR) is 62.5 cm³/mol. The highest BCUT2D eigenvalue weighted by Gasteiger charge is 2.26. The van der Waals surface area contributed by atoms with Crippen LogP contribution >= 0.6 is 23.6 Å². The molecule has 0 aromatic carbocycles. The molecular weight excluding hydrogens is 214 g/mol. The molecule has 0 unspecified atom stereocenters. The molecule has 0 radical (unpaired) electrons. The lowest BCUT2D eigenvalue weighted by Crippen LogP contribution is -2.32. The average Bonchev–Trinajstić information content (AvgIpc) is 2.84. The molecule has 1 fully saturated rings. The Balaban J connectivity index is 2.12. The SMILES string of the molecule is CC(C)N(CC1CC1)c1n[nH]c(=S)s1. The molecule has 1 aromatic heterocycles. The molecule has 1 heterocycles. The van der Waals surface area contributed by atoms with E-state index in [0.717, 1.165) is 21.5 Å². The summed E-state index contributed by atoms with van der Waals surface area (Å²) >= 11 is 6.61. The van der Waals surface area contributed by atoms with Crippen LogP contribution in [0.3, 0.4) is 0 Å². The Morgan fingerprint density at radius 3 is 2.79 bits per heavy atom. The third-order valence-electron chi connectivity index (χ3n) is 2.45. The van der Waals surface area contributed by atoms with Gasteiger partial charge in [-0.1, -0.05) is 11.3 Å². The number of hydrogen-bond acceptors (Lipinski definition) is 4. The van der Waals surface area contributed by atoms with Crippen molar-refractivity contribution in [3.8, 4) is 0 Å². The zero-order valence-electron chi connectivity index (χ0n) is 8.49. The van der Waals surface area contributed by atoms with Crippen LogP contribution in [0.5, 0.6) is 0 Å². The Hall–Kier alpha value is -0.420. The molecule has 1 saturated carbocycles. The van der Waals surface area contributed by atoms with Gasteiger partial charge in [0, 0.05) is 12.6 Å². The molecule has 1 aromatic rings. The molecule has 0 bridgehead atoms. The third kappa shape index (κ3) is 2.33. The van der Waals surface area contributed by atoms with Gasteiger partial charge in [0.2, 0.25) is 5.13 Å². The van der Waals surface area contributed by atoms with E-state index < -0.39 is 0 Å². The van der Waals surface area contributed by atoms with E-state index in [1.165, 1.54) is 12.8 Å². The largest absolute Gasteiger partial charge is 0.344 e. The molecular formula is C9H15N3S2.